The lowest BCUT2D eigenvalue weighted by atomic mass is 10.1. The normalized spacial score (nSPS) is 12.2. The van der Waals surface area contributed by atoms with Crippen LogP contribution in [0.5, 0.6) is 5.75 Å². The fourth-order valence-electron chi connectivity index (χ4n) is 2.07. The maximum atomic E-state index is 12.3. The Labute approximate surface area is 145 Å². The molecule has 0 amide bonds. The van der Waals surface area contributed by atoms with Gasteiger partial charge in [-0.25, -0.2) is 13.2 Å². The molecule has 2 aromatic carbocycles. The molecule has 0 aliphatic heterocycles. The number of hydrogen-bond donors (Lipinski definition) is 2. The molecule has 0 saturated carbocycles. The zero-order valence-corrected chi connectivity index (χ0v) is 14.4. The number of benzene rings is 2. The molecule has 0 heterocycles. The van der Waals surface area contributed by atoms with E-state index in [4.69, 9.17) is 4.74 Å². The first-order valence-corrected chi connectivity index (χ1v) is 9.17. The maximum absolute atomic E-state index is 12.3. The monoisotopic (exact) mass is 363 g/mol. The second-order valence-corrected chi connectivity index (χ2v) is 7.16. The minimum absolute atomic E-state index is 0.0811. The topological polar surface area (TPSA) is 110 Å². The van der Waals surface area contributed by atoms with Gasteiger partial charge < -0.3 is 9.84 Å². The van der Waals surface area contributed by atoms with Crippen LogP contribution in [0, 0.1) is 0 Å². The molecule has 0 unspecified atom stereocenters. The van der Waals surface area contributed by atoms with Crippen molar-refractivity contribution in [2.24, 2.45) is 0 Å². The molecule has 2 rings (SSSR count). The molecule has 0 fully saturated rings. The van der Waals surface area contributed by atoms with Gasteiger partial charge in [0.1, 0.15) is 5.75 Å². The standard InChI is InChI=1S/C17H17NO6S/c1-11(24-17(21)13-4-3-5-15(19)10-13)16(20)12-6-8-14(9-7-12)18-25(2,22)23/h3-11,18-19H,1-2H3/t11-/m0/s1. The third-order valence-electron chi connectivity index (χ3n) is 3.21. The molecule has 0 aliphatic rings. The molecule has 0 radical (unpaired) electrons. The molecule has 0 saturated heterocycles. The number of esters is 1. The SMILES string of the molecule is C[C@H](OC(=O)c1cccc(O)c1)C(=O)c1ccc(NS(C)(=O)=O)cc1. The highest BCUT2D eigenvalue weighted by molar-refractivity contribution is 7.92. The van der Waals surface area contributed by atoms with Crippen LogP contribution in [0.4, 0.5) is 5.69 Å². The summed E-state index contributed by atoms with van der Waals surface area (Å²) in [7, 11) is -3.40. The van der Waals surface area contributed by atoms with Crippen LogP contribution in [0.2, 0.25) is 0 Å². The first-order chi connectivity index (χ1) is 11.7. The Morgan fingerprint density at radius 2 is 1.72 bits per heavy atom. The highest BCUT2D eigenvalue weighted by Crippen LogP contribution is 2.16. The Hall–Kier alpha value is -2.87. The number of phenols is 1. The summed E-state index contributed by atoms with van der Waals surface area (Å²) in [5.41, 5.74) is 0.728. The van der Waals surface area contributed by atoms with Crippen molar-refractivity contribution in [3.05, 3.63) is 59.7 Å². The van der Waals surface area contributed by atoms with Crippen molar-refractivity contribution in [1.29, 1.82) is 0 Å². The number of rotatable bonds is 6. The van der Waals surface area contributed by atoms with Gasteiger partial charge in [-0.3, -0.25) is 9.52 Å². The number of phenolic OH excluding ortho intramolecular Hbond substituents is 1. The van der Waals surface area contributed by atoms with Crippen LogP contribution in [0.25, 0.3) is 0 Å². The molecule has 8 heteroatoms. The quantitative estimate of drug-likeness (QED) is 0.601. The van der Waals surface area contributed by atoms with Crippen LogP contribution in [0.1, 0.15) is 27.6 Å². The summed E-state index contributed by atoms with van der Waals surface area (Å²) in [6, 6.07) is 11.4. The van der Waals surface area contributed by atoms with Crippen molar-refractivity contribution in [2.75, 3.05) is 11.0 Å². The van der Waals surface area contributed by atoms with Crippen LogP contribution in [0.15, 0.2) is 48.5 Å². The van der Waals surface area contributed by atoms with E-state index in [1.165, 1.54) is 55.5 Å². The van der Waals surface area contributed by atoms with Gasteiger partial charge in [-0.05, 0) is 49.4 Å². The summed E-state index contributed by atoms with van der Waals surface area (Å²) >= 11 is 0. The van der Waals surface area contributed by atoms with Crippen molar-refractivity contribution < 1.29 is 27.9 Å². The number of nitrogens with one attached hydrogen (secondary N) is 1. The van der Waals surface area contributed by atoms with Crippen molar-refractivity contribution >= 4 is 27.5 Å². The van der Waals surface area contributed by atoms with Gasteiger partial charge in [-0.2, -0.15) is 0 Å². The van der Waals surface area contributed by atoms with Crippen LogP contribution in [-0.4, -0.2) is 37.6 Å². The minimum Gasteiger partial charge on any atom is -0.508 e. The number of carbonyl (C=O) groups is 2. The van der Waals surface area contributed by atoms with E-state index < -0.39 is 27.9 Å². The molecule has 0 bridgehead atoms. The van der Waals surface area contributed by atoms with Gasteiger partial charge in [0.2, 0.25) is 15.8 Å². The second-order valence-electron chi connectivity index (χ2n) is 5.41. The van der Waals surface area contributed by atoms with E-state index >= 15 is 0 Å². The van der Waals surface area contributed by atoms with Gasteiger partial charge in [-0.15, -0.1) is 0 Å². The van der Waals surface area contributed by atoms with Gasteiger partial charge in [-0.1, -0.05) is 6.07 Å². The Morgan fingerprint density at radius 1 is 1.08 bits per heavy atom. The highest BCUT2D eigenvalue weighted by atomic mass is 32.2. The largest absolute Gasteiger partial charge is 0.508 e. The predicted octanol–water partition coefficient (Wildman–Crippen LogP) is 2.19. The number of carbonyl (C=O) groups excluding carboxylic acids is 2. The fraction of sp³-hybridized carbons (Fsp3) is 0.176. The van der Waals surface area contributed by atoms with Gasteiger partial charge in [0.15, 0.2) is 6.10 Å². The van der Waals surface area contributed by atoms with E-state index in [0.717, 1.165) is 6.26 Å². The van der Waals surface area contributed by atoms with Crippen molar-refractivity contribution in [3.8, 4) is 5.75 Å². The van der Waals surface area contributed by atoms with Crippen molar-refractivity contribution in [3.63, 3.8) is 0 Å². The van der Waals surface area contributed by atoms with Crippen molar-refractivity contribution in [2.45, 2.75) is 13.0 Å². The first-order valence-electron chi connectivity index (χ1n) is 7.28. The number of sulfonamides is 1. The lowest BCUT2D eigenvalue weighted by Gasteiger charge is -2.13. The minimum atomic E-state index is -3.40. The fourth-order valence-corrected chi connectivity index (χ4v) is 2.63. The summed E-state index contributed by atoms with van der Waals surface area (Å²) < 4.78 is 29.7. The molecule has 7 nitrogen and oxygen atoms in total. The Bertz CT molecular complexity index is 890. The first kappa shape index (κ1) is 18.5. The maximum Gasteiger partial charge on any atom is 0.338 e. The summed E-state index contributed by atoms with van der Waals surface area (Å²) in [6.45, 7) is 1.44. The highest BCUT2D eigenvalue weighted by Gasteiger charge is 2.20. The van der Waals surface area contributed by atoms with Crippen LogP contribution >= 0.6 is 0 Å². The van der Waals surface area contributed by atoms with Gasteiger partial charge in [0.25, 0.3) is 0 Å². The lowest BCUT2D eigenvalue weighted by Crippen LogP contribution is -2.24. The average molecular weight is 363 g/mol. The Morgan fingerprint density at radius 3 is 2.28 bits per heavy atom. The molecule has 25 heavy (non-hydrogen) atoms. The second kappa shape index (κ2) is 7.35. The summed E-state index contributed by atoms with van der Waals surface area (Å²) in [5, 5.41) is 9.37. The van der Waals surface area contributed by atoms with Gasteiger partial charge in [0.05, 0.1) is 11.8 Å². The zero-order chi connectivity index (χ0) is 18.6. The number of aromatic hydroxyl groups is 1. The van der Waals surface area contributed by atoms with Crippen molar-refractivity contribution in [1.82, 2.24) is 0 Å². The Balaban J connectivity index is 2.05. The molecular formula is C17H17NO6S. The number of ketones is 1. The van der Waals surface area contributed by atoms with Gasteiger partial charge >= 0.3 is 5.97 Å². The smallest absolute Gasteiger partial charge is 0.338 e. The molecule has 1 atom stereocenters. The van der Waals surface area contributed by atoms with Crippen LogP contribution in [0.3, 0.4) is 0 Å². The van der Waals surface area contributed by atoms with E-state index in [-0.39, 0.29) is 16.9 Å². The number of Topliss-reactive ketones (excluding diaryl/α,β-unsaturated/α-hetero) is 1. The third-order valence-corrected chi connectivity index (χ3v) is 3.81. The molecule has 0 aliphatic carbocycles. The number of ether oxygens (including phenoxy) is 1. The summed E-state index contributed by atoms with van der Waals surface area (Å²) in [4.78, 5) is 24.3. The number of hydrogen-bond acceptors (Lipinski definition) is 6. The summed E-state index contributed by atoms with van der Waals surface area (Å²) in [6.07, 6.45) is -0.0156. The number of anilines is 1. The van der Waals surface area contributed by atoms with Crippen LogP contribution in [-0.2, 0) is 14.8 Å². The average Bonchev–Trinajstić information content (AvgIpc) is 2.53. The predicted molar refractivity (Wildman–Crippen MR) is 92.2 cm³/mol. The van der Waals surface area contributed by atoms with E-state index in [2.05, 4.69) is 4.72 Å². The molecule has 132 valence electrons. The van der Waals surface area contributed by atoms with E-state index in [1.54, 1.807) is 0 Å². The van der Waals surface area contributed by atoms with Crippen LogP contribution < -0.4 is 4.72 Å². The summed E-state index contributed by atoms with van der Waals surface area (Å²) in [5.74, 6) is -1.24. The molecular weight excluding hydrogens is 346 g/mol. The Kier molecular flexibility index (Phi) is 5.43. The molecule has 0 spiro atoms. The van der Waals surface area contributed by atoms with E-state index in [9.17, 15) is 23.1 Å². The van der Waals surface area contributed by atoms with E-state index in [1.807, 2.05) is 0 Å². The zero-order valence-electron chi connectivity index (χ0n) is 13.6. The van der Waals surface area contributed by atoms with E-state index in [0.29, 0.717) is 5.69 Å². The molecule has 0 aromatic heterocycles. The molecule has 2 N–H and O–H groups in total. The lowest BCUT2D eigenvalue weighted by molar-refractivity contribution is 0.0318. The molecule has 2 aromatic rings. The van der Waals surface area contributed by atoms with Gasteiger partial charge in [0, 0.05) is 11.3 Å². The third kappa shape index (κ3) is 5.32.